The summed E-state index contributed by atoms with van der Waals surface area (Å²) in [7, 11) is 3.16. The second-order valence-corrected chi connectivity index (χ2v) is 7.40. The molecule has 3 rings (SSSR count). The van der Waals surface area contributed by atoms with Crippen molar-refractivity contribution in [3.8, 4) is 5.75 Å². The van der Waals surface area contributed by atoms with Gasteiger partial charge in [0.2, 0.25) is 11.8 Å². The second-order valence-electron chi connectivity index (χ2n) is 6.23. The summed E-state index contributed by atoms with van der Waals surface area (Å²) in [6.45, 7) is 0. The molecule has 2 aromatic rings. The van der Waals surface area contributed by atoms with Gasteiger partial charge < -0.3 is 15.2 Å². The van der Waals surface area contributed by atoms with Crippen molar-refractivity contribution in [1.82, 2.24) is 4.90 Å². The Balaban J connectivity index is 1.78. The van der Waals surface area contributed by atoms with Gasteiger partial charge in [0.25, 0.3) is 0 Å². The Kier molecular flexibility index (Phi) is 6.18. The Morgan fingerprint density at radius 1 is 1.24 bits per heavy atom. The lowest BCUT2D eigenvalue weighted by atomic mass is 10.2. The zero-order chi connectivity index (χ0) is 21.0. The fraction of sp³-hybridized carbons (Fsp3) is 0.200. The molecule has 1 saturated heterocycles. The van der Waals surface area contributed by atoms with Crippen molar-refractivity contribution in [2.24, 2.45) is 4.99 Å². The van der Waals surface area contributed by atoms with E-state index in [2.05, 4.69) is 10.3 Å². The van der Waals surface area contributed by atoms with Gasteiger partial charge in [-0.15, -0.1) is 0 Å². The van der Waals surface area contributed by atoms with Gasteiger partial charge in [0, 0.05) is 25.2 Å². The maximum Gasteiger partial charge on any atom is 0.335 e. The van der Waals surface area contributed by atoms with Crippen LogP contribution in [0.3, 0.4) is 0 Å². The van der Waals surface area contributed by atoms with Crippen LogP contribution in [0.2, 0.25) is 0 Å². The van der Waals surface area contributed by atoms with E-state index in [0.717, 1.165) is 0 Å². The lowest BCUT2D eigenvalue weighted by molar-refractivity contribution is -0.128. The van der Waals surface area contributed by atoms with Crippen LogP contribution in [0.4, 0.5) is 11.4 Å². The van der Waals surface area contributed by atoms with Crippen molar-refractivity contribution in [3.63, 3.8) is 0 Å². The maximum absolute atomic E-state index is 12.7. The fourth-order valence-corrected chi connectivity index (χ4v) is 3.71. The molecule has 1 aliphatic heterocycles. The molecular formula is C20H19N3O5S. The van der Waals surface area contributed by atoms with Crippen molar-refractivity contribution < 1.29 is 24.2 Å². The Morgan fingerprint density at radius 3 is 2.72 bits per heavy atom. The number of amides is 2. The average molecular weight is 413 g/mol. The van der Waals surface area contributed by atoms with Crippen molar-refractivity contribution in [2.45, 2.75) is 11.7 Å². The number of aliphatic imine (C=N–C) groups is 1. The van der Waals surface area contributed by atoms with E-state index in [0.29, 0.717) is 22.3 Å². The van der Waals surface area contributed by atoms with E-state index in [1.165, 1.54) is 28.8 Å². The van der Waals surface area contributed by atoms with Crippen LogP contribution < -0.4 is 10.1 Å². The van der Waals surface area contributed by atoms with Gasteiger partial charge in [-0.3, -0.25) is 14.5 Å². The number of methoxy groups -OCH3 is 1. The lowest BCUT2D eigenvalue weighted by Crippen LogP contribution is -2.43. The molecule has 8 nitrogen and oxygen atoms in total. The normalized spacial score (nSPS) is 17.9. The summed E-state index contributed by atoms with van der Waals surface area (Å²) in [4.78, 5) is 42.0. The standard InChI is InChI=1S/C20H19N3O5S/c1-23-17(24)11-16(18(25)21-13-6-3-5-12(9-13)19(26)27)29-20(23)22-14-7-4-8-15(10-14)28-2/h3-10,16H,11H2,1-2H3,(H,21,25)(H,26,27). The zero-order valence-electron chi connectivity index (χ0n) is 15.8. The van der Waals surface area contributed by atoms with Crippen LogP contribution in [-0.2, 0) is 9.59 Å². The number of hydrogen-bond donors (Lipinski definition) is 2. The third-order valence-corrected chi connectivity index (χ3v) is 5.46. The number of ether oxygens (including phenoxy) is 1. The monoisotopic (exact) mass is 413 g/mol. The smallest absolute Gasteiger partial charge is 0.335 e. The predicted molar refractivity (Wildman–Crippen MR) is 111 cm³/mol. The van der Waals surface area contributed by atoms with E-state index in [4.69, 9.17) is 9.84 Å². The predicted octanol–water partition coefficient (Wildman–Crippen LogP) is 2.98. The Hall–Kier alpha value is -3.33. The second kappa shape index (κ2) is 8.78. The summed E-state index contributed by atoms with van der Waals surface area (Å²) in [6, 6.07) is 13.0. The largest absolute Gasteiger partial charge is 0.497 e. The Labute approximate surface area is 171 Å². The average Bonchev–Trinajstić information content (AvgIpc) is 2.71. The highest BCUT2D eigenvalue weighted by molar-refractivity contribution is 8.15. The number of carbonyl (C=O) groups excluding carboxylic acids is 2. The minimum Gasteiger partial charge on any atom is -0.497 e. The van der Waals surface area contributed by atoms with Crippen LogP contribution in [0.15, 0.2) is 53.5 Å². The molecule has 2 aromatic carbocycles. The minimum absolute atomic E-state index is 0.0166. The van der Waals surface area contributed by atoms with Crippen LogP contribution in [-0.4, -0.2) is 52.4 Å². The number of aromatic carboxylic acids is 1. The number of nitrogens with zero attached hydrogens (tertiary/aromatic N) is 2. The molecular weight excluding hydrogens is 394 g/mol. The number of nitrogens with one attached hydrogen (secondary N) is 1. The van der Waals surface area contributed by atoms with Crippen LogP contribution >= 0.6 is 11.8 Å². The highest BCUT2D eigenvalue weighted by Gasteiger charge is 2.34. The van der Waals surface area contributed by atoms with E-state index in [1.54, 1.807) is 50.6 Å². The molecule has 1 unspecified atom stereocenters. The highest BCUT2D eigenvalue weighted by atomic mass is 32.2. The van der Waals surface area contributed by atoms with Gasteiger partial charge in [0.15, 0.2) is 5.17 Å². The van der Waals surface area contributed by atoms with E-state index >= 15 is 0 Å². The van der Waals surface area contributed by atoms with Crippen LogP contribution in [0.1, 0.15) is 16.8 Å². The quantitative estimate of drug-likeness (QED) is 0.780. The first-order valence-corrected chi connectivity index (χ1v) is 9.55. The van der Waals surface area contributed by atoms with Crippen molar-refractivity contribution in [1.29, 1.82) is 0 Å². The van der Waals surface area contributed by atoms with Crippen LogP contribution in [0.25, 0.3) is 0 Å². The van der Waals surface area contributed by atoms with E-state index in [-0.39, 0.29) is 17.9 Å². The number of amidine groups is 1. The molecule has 2 amide bonds. The first kappa shape index (κ1) is 20.4. The van der Waals surface area contributed by atoms with Gasteiger partial charge in [-0.1, -0.05) is 23.9 Å². The molecule has 9 heteroatoms. The van der Waals surface area contributed by atoms with E-state index in [1.807, 2.05) is 0 Å². The first-order valence-electron chi connectivity index (χ1n) is 8.67. The molecule has 0 spiro atoms. The van der Waals surface area contributed by atoms with Gasteiger partial charge >= 0.3 is 5.97 Å². The fourth-order valence-electron chi connectivity index (χ4n) is 2.64. The Bertz CT molecular complexity index is 992. The molecule has 1 fully saturated rings. The lowest BCUT2D eigenvalue weighted by Gasteiger charge is -2.28. The third-order valence-electron chi connectivity index (χ3n) is 4.22. The van der Waals surface area contributed by atoms with Crippen LogP contribution in [0.5, 0.6) is 5.75 Å². The highest BCUT2D eigenvalue weighted by Crippen LogP contribution is 2.30. The molecule has 0 radical (unpaired) electrons. The maximum atomic E-state index is 12.7. The minimum atomic E-state index is -1.09. The van der Waals surface area contributed by atoms with Gasteiger partial charge in [0.05, 0.1) is 18.4 Å². The van der Waals surface area contributed by atoms with Crippen molar-refractivity contribution in [2.75, 3.05) is 19.5 Å². The van der Waals surface area contributed by atoms with Gasteiger partial charge in [-0.25, -0.2) is 9.79 Å². The number of benzene rings is 2. The van der Waals surface area contributed by atoms with Crippen molar-refractivity contribution in [3.05, 3.63) is 54.1 Å². The summed E-state index contributed by atoms with van der Waals surface area (Å²) in [5.74, 6) is -1.07. The third kappa shape index (κ3) is 4.94. The summed E-state index contributed by atoms with van der Waals surface area (Å²) < 4.78 is 5.18. The van der Waals surface area contributed by atoms with Gasteiger partial charge in [-0.05, 0) is 30.3 Å². The number of carboxylic acids is 1. The molecule has 150 valence electrons. The number of thioether (sulfide) groups is 1. The Morgan fingerprint density at radius 2 is 2.00 bits per heavy atom. The van der Waals surface area contributed by atoms with Crippen LogP contribution in [0, 0.1) is 0 Å². The molecule has 2 N–H and O–H groups in total. The van der Waals surface area contributed by atoms with Crippen molar-refractivity contribution >= 4 is 46.1 Å². The van der Waals surface area contributed by atoms with E-state index < -0.39 is 17.1 Å². The van der Waals surface area contributed by atoms with Gasteiger partial charge in [0.1, 0.15) is 11.0 Å². The number of anilines is 1. The zero-order valence-corrected chi connectivity index (χ0v) is 16.6. The van der Waals surface area contributed by atoms with E-state index in [9.17, 15) is 14.4 Å². The summed E-state index contributed by atoms with van der Waals surface area (Å²) in [6.07, 6.45) is 0.0166. The molecule has 0 aromatic heterocycles. The topological polar surface area (TPSA) is 108 Å². The molecule has 0 bridgehead atoms. The number of hydrogen-bond acceptors (Lipinski definition) is 6. The summed E-state index contributed by atoms with van der Waals surface area (Å²) in [5.41, 5.74) is 1.02. The summed E-state index contributed by atoms with van der Waals surface area (Å²) in [5, 5.41) is 11.5. The number of carboxylic acid groups (broad SMARTS) is 1. The molecule has 0 saturated carbocycles. The number of carbonyl (C=O) groups is 3. The molecule has 1 heterocycles. The number of rotatable bonds is 5. The summed E-state index contributed by atoms with van der Waals surface area (Å²) >= 11 is 1.18. The molecule has 1 atom stereocenters. The van der Waals surface area contributed by atoms with Gasteiger partial charge in [-0.2, -0.15) is 0 Å². The molecule has 29 heavy (non-hydrogen) atoms. The first-order chi connectivity index (χ1) is 13.9. The molecule has 0 aliphatic carbocycles. The SMILES string of the molecule is COc1cccc(N=C2SC(C(=O)Nc3cccc(C(=O)O)c3)CC(=O)N2C)c1. The molecule has 1 aliphatic rings.